The summed E-state index contributed by atoms with van der Waals surface area (Å²) in [6.45, 7) is 2.90. The van der Waals surface area contributed by atoms with Crippen LogP contribution in [0.15, 0.2) is 23.7 Å². The molecule has 0 atom stereocenters. The molecule has 0 saturated heterocycles. The predicted molar refractivity (Wildman–Crippen MR) is 72.8 cm³/mol. The van der Waals surface area contributed by atoms with Crippen molar-refractivity contribution in [3.63, 3.8) is 0 Å². The van der Waals surface area contributed by atoms with Crippen LogP contribution in [0.1, 0.15) is 10.4 Å². The Morgan fingerprint density at radius 2 is 2.29 bits per heavy atom. The Morgan fingerprint density at radius 3 is 3.00 bits per heavy atom. The first-order chi connectivity index (χ1) is 8.29. The number of anilines is 2. The average molecular weight is 248 g/mol. The van der Waals surface area contributed by atoms with Crippen molar-refractivity contribution in [2.24, 2.45) is 0 Å². The second kappa shape index (κ2) is 5.63. The quantitative estimate of drug-likeness (QED) is 0.853. The molecule has 5 heteroatoms. The summed E-state index contributed by atoms with van der Waals surface area (Å²) in [5.41, 5.74) is 1.06. The van der Waals surface area contributed by atoms with Crippen LogP contribution < -0.4 is 10.6 Å². The van der Waals surface area contributed by atoms with Crippen LogP contribution in [0.5, 0.6) is 0 Å². The monoisotopic (exact) mass is 248 g/mol. The Balaban J connectivity index is 1.94. The second-order valence-corrected chi connectivity index (χ2v) is 4.76. The second-order valence-electron chi connectivity index (χ2n) is 3.73. The van der Waals surface area contributed by atoms with Crippen molar-refractivity contribution in [2.45, 2.75) is 13.3 Å². The van der Waals surface area contributed by atoms with Crippen LogP contribution in [0.3, 0.4) is 0 Å². The molecule has 0 spiro atoms. The van der Waals surface area contributed by atoms with Crippen molar-refractivity contribution in [2.75, 3.05) is 24.2 Å². The van der Waals surface area contributed by atoms with Crippen molar-refractivity contribution in [3.05, 3.63) is 34.2 Å². The molecule has 0 aliphatic carbocycles. The van der Waals surface area contributed by atoms with Crippen molar-refractivity contribution in [1.82, 2.24) is 9.97 Å². The molecule has 0 amide bonds. The lowest BCUT2D eigenvalue weighted by molar-refractivity contribution is 1.01. The molecule has 2 aromatic rings. The van der Waals surface area contributed by atoms with Gasteiger partial charge in [0.2, 0.25) is 5.95 Å². The number of thiophene rings is 1. The van der Waals surface area contributed by atoms with E-state index in [1.807, 2.05) is 20.2 Å². The lowest BCUT2D eigenvalue weighted by Crippen LogP contribution is -2.09. The van der Waals surface area contributed by atoms with Gasteiger partial charge in [-0.3, -0.25) is 0 Å². The van der Waals surface area contributed by atoms with E-state index in [0.29, 0.717) is 5.95 Å². The molecule has 0 fully saturated rings. The van der Waals surface area contributed by atoms with Gasteiger partial charge in [-0.25, -0.2) is 4.98 Å². The highest BCUT2D eigenvalue weighted by atomic mass is 32.1. The van der Waals surface area contributed by atoms with E-state index in [2.05, 4.69) is 38.1 Å². The van der Waals surface area contributed by atoms with Crippen molar-refractivity contribution in [1.29, 1.82) is 0 Å². The number of nitrogens with one attached hydrogen (secondary N) is 2. The van der Waals surface area contributed by atoms with E-state index in [-0.39, 0.29) is 0 Å². The predicted octanol–water partition coefficient (Wildman–Crippen LogP) is 2.54. The third-order valence-electron chi connectivity index (χ3n) is 2.44. The lowest BCUT2D eigenvalue weighted by atomic mass is 10.3. The fraction of sp³-hybridized carbons (Fsp3) is 0.333. The van der Waals surface area contributed by atoms with Gasteiger partial charge in [0.15, 0.2) is 0 Å². The number of hydrogen-bond acceptors (Lipinski definition) is 5. The third-order valence-corrected chi connectivity index (χ3v) is 3.38. The molecule has 0 radical (unpaired) electrons. The number of rotatable bonds is 5. The van der Waals surface area contributed by atoms with E-state index in [1.165, 1.54) is 4.88 Å². The van der Waals surface area contributed by atoms with Gasteiger partial charge in [0.25, 0.3) is 0 Å². The van der Waals surface area contributed by atoms with Crippen LogP contribution in [-0.4, -0.2) is 23.6 Å². The van der Waals surface area contributed by atoms with E-state index in [9.17, 15) is 0 Å². The minimum absolute atomic E-state index is 0.647. The molecule has 0 bridgehead atoms. The molecule has 0 aliphatic rings. The van der Waals surface area contributed by atoms with Gasteiger partial charge in [-0.05, 0) is 24.8 Å². The summed E-state index contributed by atoms with van der Waals surface area (Å²) in [6, 6.07) is 4.23. The lowest BCUT2D eigenvalue weighted by Gasteiger charge is -2.08. The summed E-state index contributed by atoms with van der Waals surface area (Å²) in [5, 5.41) is 8.38. The minimum Gasteiger partial charge on any atom is -0.369 e. The third kappa shape index (κ3) is 3.17. The summed E-state index contributed by atoms with van der Waals surface area (Å²) in [7, 11) is 1.82. The topological polar surface area (TPSA) is 49.8 Å². The maximum Gasteiger partial charge on any atom is 0.224 e. The van der Waals surface area contributed by atoms with Gasteiger partial charge >= 0.3 is 0 Å². The van der Waals surface area contributed by atoms with E-state index < -0.39 is 0 Å². The van der Waals surface area contributed by atoms with Crippen LogP contribution >= 0.6 is 11.3 Å². The van der Waals surface area contributed by atoms with Crippen molar-refractivity contribution < 1.29 is 0 Å². The maximum absolute atomic E-state index is 4.38. The van der Waals surface area contributed by atoms with Gasteiger partial charge in [-0.15, -0.1) is 11.3 Å². The number of aryl methyl sites for hydroxylation is 1. The minimum atomic E-state index is 0.647. The first-order valence-corrected chi connectivity index (χ1v) is 6.45. The first kappa shape index (κ1) is 11.9. The van der Waals surface area contributed by atoms with Crippen LogP contribution in [0.25, 0.3) is 0 Å². The largest absolute Gasteiger partial charge is 0.369 e. The molecule has 17 heavy (non-hydrogen) atoms. The van der Waals surface area contributed by atoms with E-state index in [4.69, 9.17) is 0 Å². The zero-order valence-corrected chi connectivity index (χ0v) is 10.8. The highest BCUT2D eigenvalue weighted by molar-refractivity contribution is 7.09. The molecular formula is C12H16N4S. The summed E-state index contributed by atoms with van der Waals surface area (Å²) < 4.78 is 0. The number of hydrogen-bond donors (Lipinski definition) is 2. The Labute approximate surface area is 105 Å². The van der Waals surface area contributed by atoms with Crippen LogP contribution in [0.4, 0.5) is 11.8 Å². The molecule has 0 aromatic carbocycles. The fourth-order valence-corrected chi connectivity index (χ4v) is 2.21. The molecular weight excluding hydrogens is 232 g/mol. The molecule has 0 saturated carbocycles. The zero-order chi connectivity index (χ0) is 12.1. The molecule has 2 N–H and O–H groups in total. The highest BCUT2D eigenvalue weighted by Crippen LogP contribution is 2.13. The first-order valence-electron chi connectivity index (χ1n) is 5.57. The van der Waals surface area contributed by atoms with Crippen molar-refractivity contribution in [3.8, 4) is 0 Å². The Hall–Kier alpha value is -1.62. The zero-order valence-electron chi connectivity index (χ0n) is 10.0. The van der Waals surface area contributed by atoms with Gasteiger partial charge in [-0.2, -0.15) is 4.98 Å². The Kier molecular flexibility index (Phi) is 3.93. The molecule has 2 rings (SSSR count). The molecule has 0 unspecified atom stereocenters. The van der Waals surface area contributed by atoms with Gasteiger partial charge in [0.1, 0.15) is 5.82 Å². The molecule has 2 heterocycles. The molecule has 0 aliphatic heterocycles. The van der Waals surface area contributed by atoms with Gasteiger partial charge < -0.3 is 10.6 Å². The standard InChI is InChI=1S/C12H16N4S/c1-9-8-15-12(13-2)16-11(9)14-6-5-10-4-3-7-17-10/h3-4,7-8H,5-6H2,1-2H3,(H2,13,14,15,16). The smallest absolute Gasteiger partial charge is 0.224 e. The summed E-state index contributed by atoms with van der Waals surface area (Å²) in [5.74, 6) is 1.55. The SMILES string of the molecule is CNc1ncc(C)c(NCCc2cccs2)n1. The van der Waals surface area contributed by atoms with E-state index in [0.717, 1.165) is 24.3 Å². The van der Waals surface area contributed by atoms with Gasteiger partial charge in [0, 0.05) is 30.2 Å². The molecule has 2 aromatic heterocycles. The fourth-order valence-electron chi connectivity index (χ4n) is 1.50. The van der Waals surface area contributed by atoms with Crippen LogP contribution in [0.2, 0.25) is 0 Å². The van der Waals surface area contributed by atoms with E-state index >= 15 is 0 Å². The van der Waals surface area contributed by atoms with E-state index in [1.54, 1.807) is 11.3 Å². The maximum atomic E-state index is 4.38. The van der Waals surface area contributed by atoms with Gasteiger partial charge in [0.05, 0.1) is 0 Å². The number of aromatic nitrogens is 2. The van der Waals surface area contributed by atoms with Crippen LogP contribution in [0, 0.1) is 6.92 Å². The summed E-state index contributed by atoms with van der Waals surface area (Å²) >= 11 is 1.78. The Bertz CT molecular complexity index is 467. The number of nitrogens with zero attached hydrogens (tertiary/aromatic N) is 2. The highest BCUT2D eigenvalue weighted by Gasteiger charge is 2.02. The summed E-state index contributed by atoms with van der Waals surface area (Å²) in [6.07, 6.45) is 2.85. The average Bonchev–Trinajstić information content (AvgIpc) is 2.84. The Morgan fingerprint density at radius 1 is 1.41 bits per heavy atom. The van der Waals surface area contributed by atoms with Crippen LogP contribution in [-0.2, 0) is 6.42 Å². The molecule has 90 valence electrons. The summed E-state index contributed by atoms with van der Waals surface area (Å²) in [4.78, 5) is 9.92. The molecule has 4 nitrogen and oxygen atoms in total. The van der Waals surface area contributed by atoms with Gasteiger partial charge in [-0.1, -0.05) is 6.07 Å². The van der Waals surface area contributed by atoms with Crippen molar-refractivity contribution >= 4 is 23.1 Å². The normalized spacial score (nSPS) is 10.2.